The van der Waals surface area contributed by atoms with Gasteiger partial charge in [0.25, 0.3) is 0 Å². The second-order valence-corrected chi connectivity index (χ2v) is 12.5. The van der Waals surface area contributed by atoms with Crippen LogP contribution in [0.5, 0.6) is 0 Å². The van der Waals surface area contributed by atoms with E-state index >= 15 is 0 Å². The average molecular weight is 566 g/mol. The molecule has 2 bridgehead atoms. The van der Waals surface area contributed by atoms with E-state index in [9.17, 15) is 19.5 Å². The first-order chi connectivity index (χ1) is 19.4. The topological polar surface area (TPSA) is 90.4 Å². The van der Waals surface area contributed by atoms with Crippen LogP contribution in [0.1, 0.15) is 54.4 Å². The monoisotopic (exact) mass is 565 g/mol. The second kappa shape index (κ2) is 11.7. The number of rotatable bonds is 12. The van der Waals surface area contributed by atoms with Crippen molar-refractivity contribution in [2.45, 2.75) is 83.7 Å². The van der Waals surface area contributed by atoms with Gasteiger partial charge in [-0.15, -0.1) is 13.2 Å². The molecule has 3 heterocycles. The predicted octanol–water partition coefficient (Wildman–Crippen LogP) is 4.05. The van der Waals surface area contributed by atoms with Crippen LogP contribution in [0.25, 0.3) is 0 Å². The van der Waals surface area contributed by atoms with Crippen LogP contribution in [-0.2, 0) is 19.1 Å². The Hall–Kier alpha value is -2.97. The molecule has 4 rings (SSSR count). The number of carbonyl (C=O) groups is 3. The van der Waals surface area contributed by atoms with Crippen LogP contribution < -0.4 is 4.90 Å². The molecule has 3 unspecified atom stereocenters. The number of ether oxygens (including phenoxy) is 1. The zero-order chi connectivity index (χ0) is 30.3. The zero-order valence-electron chi connectivity index (χ0n) is 25.5. The van der Waals surface area contributed by atoms with Crippen molar-refractivity contribution >= 4 is 23.4 Å². The number of carbonyl (C=O) groups excluding carboxylic acids is 3. The van der Waals surface area contributed by atoms with Gasteiger partial charge < -0.3 is 24.5 Å². The smallest absolute Gasteiger partial charge is 0.248 e. The van der Waals surface area contributed by atoms with E-state index in [2.05, 4.69) is 13.2 Å². The van der Waals surface area contributed by atoms with Crippen LogP contribution in [0.4, 0.5) is 5.69 Å². The van der Waals surface area contributed by atoms with Crippen molar-refractivity contribution in [3.8, 4) is 0 Å². The molecule has 3 fully saturated rings. The summed E-state index contributed by atoms with van der Waals surface area (Å²) in [5.74, 6) is -2.53. The summed E-state index contributed by atoms with van der Waals surface area (Å²) in [5, 5.41) is 10.6. The fraction of sp³-hybridized carbons (Fsp3) is 0.606. The van der Waals surface area contributed by atoms with Gasteiger partial charge in [0.15, 0.2) is 0 Å². The van der Waals surface area contributed by atoms with Crippen LogP contribution in [0.3, 0.4) is 0 Å². The predicted molar refractivity (Wildman–Crippen MR) is 160 cm³/mol. The van der Waals surface area contributed by atoms with Gasteiger partial charge in [0.1, 0.15) is 11.6 Å². The number of aliphatic hydroxyl groups excluding tert-OH is 1. The van der Waals surface area contributed by atoms with Gasteiger partial charge in [-0.25, -0.2) is 0 Å². The Bertz CT molecular complexity index is 1170. The van der Waals surface area contributed by atoms with E-state index in [0.29, 0.717) is 25.1 Å². The Morgan fingerprint density at radius 1 is 1.15 bits per heavy atom. The number of aliphatic hydroxyl groups is 1. The van der Waals surface area contributed by atoms with Crippen LogP contribution in [0.2, 0.25) is 0 Å². The summed E-state index contributed by atoms with van der Waals surface area (Å²) in [7, 11) is 0. The highest BCUT2D eigenvalue weighted by atomic mass is 16.5. The SMILES string of the molecule is C=CCN(C(=O)[C@@H]1[C@H]2C(=O)N([C@@H](CO)[C@@H](C)CC)C(C(=O)N(CC=C)C(C)C)C23CC(C)[C@@]1(C)O3)c1ccccc1. The maximum atomic E-state index is 14.7. The van der Waals surface area contributed by atoms with Crippen LogP contribution in [0, 0.1) is 23.7 Å². The van der Waals surface area contributed by atoms with Gasteiger partial charge >= 0.3 is 0 Å². The maximum absolute atomic E-state index is 14.7. The van der Waals surface area contributed by atoms with Crippen molar-refractivity contribution in [1.29, 1.82) is 0 Å². The van der Waals surface area contributed by atoms with E-state index in [0.717, 1.165) is 0 Å². The summed E-state index contributed by atoms with van der Waals surface area (Å²) in [6.45, 7) is 19.9. The first-order valence-electron chi connectivity index (χ1n) is 15.0. The molecule has 3 amide bonds. The number of likely N-dealkylation sites (tertiary alicyclic amines) is 1. The number of anilines is 1. The first-order valence-corrected chi connectivity index (χ1v) is 15.0. The molecule has 1 spiro atoms. The van der Waals surface area contributed by atoms with Crippen LogP contribution in [-0.4, -0.2) is 81.7 Å². The molecule has 224 valence electrons. The highest BCUT2D eigenvalue weighted by Crippen LogP contribution is 2.66. The summed E-state index contributed by atoms with van der Waals surface area (Å²) in [5.41, 5.74) is -1.42. The molecule has 1 aromatic rings. The molecule has 3 aliphatic heterocycles. The quantitative estimate of drug-likeness (QED) is 0.387. The Morgan fingerprint density at radius 3 is 2.32 bits per heavy atom. The average Bonchev–Trinajstić information content (AvgIpc) is 3.47. The fourth-order valence-corrected chi connectivity index (χ4v) is 7.58. The lowest BCUT2D eigenvalue weighted by atomic mass is 9.62. The second-order valence-electron chi connectivity index (χ2n) is 12.5. The minimum absolute atomic E-state index is 0.0673. The van der Waals surface area contributed by atoms with Gasteiger partial charge in [-0.1, -0.05) is 57.5 Å². The zero-order valence-corrected chi connectivity index (χ0v) is 25.5. The normalized spacial score (nSPS) is 31.6. The van der Waals surface area contributed by atoms with E-state index in [1.165, 1.54) is 0 Å². The Labute approximate surface area is 245 Å². The lowest BCUT2D eigenvalue weighted by Crippen LogP contribution is -2.60. The van der Waals surface area contributed by atoms with Gasteiger partial charge in [0.05, 0.1) is 30.1 Å². The first kappa shape index (κ1) is 31.0. The molecule has 41 heavy (non-hydrogen) atoms. The standard InChI is InChI=1S/C33H47N3O5/c1-9-17-34(21(4)5)31(40)28-33-19-23(7)32(8,41-33)26(27(33)30(39)36(28)25(20-37)22(6)11-3)29(38)35(18-10-2)24-15-13-12-14-16-24/h9-10,12-16,21-23,25-28,37H,1-2,11,17-20H2,3-8H3/t22-,23?,25-,26-,27-,28?,32+,33?/m0/s1. The number of nitrogens with zero attached hydrogens (tertiary/aromatic N) is 3. The molecule has 8 atom stereocenters. The molecule has 8 heteroatoms. The lowest BCUT2D eigenvalue weighted by Gasteiger charge is -2.42. The van der Waals surface area contributed by atoms with Gasteiger partial charge in [-0.2, -0.15) is 0 Å². The third kappa shape index (κ3) is 4.73. The van der Waals surface area contributed by atoms with Crippen molar-refractivity contribution < 1.29 is 24.2 Å². The summed E-state index contributed by atoms with van der Waals surface area (Å²) < 4.78 is 6.94. The van der Waals surface area contributed by atoms with Crippen molar-refractivity contribution in [2.75, 3.05) is 24.6 Å². The van der Waals surface area contributed by atoms with Gasteiger partial charge in [0, 0.05) is 24.8 Å². The van der Waals surface area contributed by atoms with Crippen LogP contribution >= 0.6 is 0 Å². The van der Waals surface area contributed by atoms with Crippen molar-refractivity contribution in [3.05, 3.63) is 55.6 Å². The van der Waals surface area contributed by atoms with Gasteiger partial charge in [-0.05, 0) is 51.2 Å². The molecule has 1 aromatic carbocycles. The number of benzene rings is 1. The summed E-state index contributed by atoms with van der Waals surface area (Å²) in [4.78, 5) is 48.8. The van der Waals surface area contributed by atoms with E-state index < -0.39 is 35.1 Å². The molecule has 0 aromatic heterocycles. The van der Waals surface area contributed by atoms with Crippen LogP contribution in [0.15, 0.2) is 55.6 Å². The summed E-state index contributed by atoms with van der Waals surface area (Å²) in [6, 6.07) is 7.68. The lowest BCUT2D eigenvalue weighted by molar-refractivity contribution is -0.157. The summed E-state index contributed by atoms with van der Waals surface area (Å²) in [6.07, 6.45) is 4.55. The minimum atomic E-state index is -1.19. The molecule has 1 N–H and O–H groups in total. The third-order valence-electron chi connectivity index (χ3n) is 9.98. The molecule has 3 saturated heterocycles. The minimum Gasteiger partial charge on any atom is -0.394 e. The molecule has 3 aliphatic rings. The number of amides is 3. The van der Waals surface area contributed by atoms with E-state index in [-0.39, 0.29) is 48.8 Å². The number of hydrogen-bond acceptors (Lipinski definition) is 5. The molecule has 0 radical (unpaired) electrons. The number of fused-ring (bicyclic) bond motifs is 1. The molecular formula is C33H47N3O5. The Morgan fingerprint density at radius 2 is 1.78 bits per heavy atom. The third-order valence-corrected chi connectivity index (χ3v) is 9.98. The van der Waals surface area contributed by atoms with E-state index in [1.54, 1.807) is 26.9 Å². The van der Waals surface area contributed by atoms with Gasteiger partial charge in [-0.3, -0.25) is 14.4 Å². The number of hydrogen-bond donors (Lipinski definition) is 1. The van der Waals surface area contributed by atoms with Crippen molar-refractivity contribution in [3.63, 3.8) is 0 Å². The Balaban J connectivity index is 1.90. The highest BCUT2D eigenvalue weighted by Gasteiger charge is 2.80. The highest BCUT2D eigenvalue weighted by molar-refractivity contribution is 6.03. The molecule has 0 saturated carbocycles. The summed E-state index contributed by atoms with van der Waals surface area (Å²) >= 11 is 0. The van der Waals surface area contributed by atoms with Gasteiger partial charge in [0.2, 0.25) is 17.7 Å². The molecule has 0 aliphatic carbocycles. The largest absolute Gasteiger partial charge is 0.394 e. The van der Waals surface area contributed by atoms with Crippen molar-refractivity contribution in [1.82, 2.24) is 9.80 Å². The van der Waals surface area contributed by atoms with E-state index in [4.69, 9.17) is 4.74 Å². The fourth-order valence-electron chi connectivity index (χ4n) is 7.58. The molecule has 8 nitrogen and oxygen atoms in total. The number of para-hydroxylation sites is 1. The Kier molecular flexibility index (Phi) is 8.86. The van der Waals surface area contributed by atoms with Crippen molar-refractivity contribution in [2.24, 2.45) is 23.7 Å². The molecular weight excluding hydrogens is 518 g/mol. The maximum Gasteiger partial charge on any atom is 0.248 e. The van der Waals surface area contributed by atoms with E-state index in [1.807, 2.05) is 71.9 Å².